The molecule has 0 radical (unpaired) electrons. The van der Waals surface area contributed by atoms with Crippen LogP contribution in [-0.2, 0) is 6.18 Å². The Balaban J connectivity index is 1.99. The van der Waals surface area contributed by atoms with Crippen LogP contribution in [-0.4, -0.2) is 0 Å². The van der Waals surface area contributed by atoms with Gasteiger partial charge in [0.25, 0.3) is 0 Å². The third-order valence-electron chi connectivity index (χ3n) is 5.99. The van der Waals surface area contributed by atoms with Crippen LogP contribution in [0.5, 0.6) is 0 Å². The van der Waals surface area contributed by atoms with Gasteiger partial charge >= 0.3 is 6.18 Å². The standard InChI is InChI=1S/C31H24F3NP2/c32-31(33,34)29-23-13-14-24-30(29)35-37(27-19-9-3-10-20-27,28-21-11-4-12-22-28)36(25-15-5-1-6-16-25)26-17-7-2-8-18-26/h1-24H. The Morgan fingerprint density at radius 1 is 0.486 bits per heavy atom. The molecule has 0 aliphatic carbocycles. The van der Waals surface area contributed by atoms with E-state index in [1.807, 2.05) is 97.1 Å². The van der Waals surface area contributed by atoms with Crippen LogP contribution in [0.3, 0.4) is 0 Å². The van der Waals surface area contributed by atoms with E-state index in [9.17, 15) is 13.2 Å². The molecule has 0 bridgehead atoms. The lowest BCUT2D eigenvalue weighted by Crippen LogP contribution is -2.23. The molecule has 6 heteroatoms. The summed E-state index contributed by atoms with van der Waals surface area (Å²) in [6.07, 6.45) is -4.52. The molecule has 5 rings (SSSR count). The molecule has 0 aliphatic heterocycles. The van der Waals surface area contributed by atoms with Gasteiger partial charge in [-0.3, -0.25) is 4.74 Å². The van der Waals surface area contributed by atoms with E-state index >= 15 is 0 Å². The van der Waals surface area contributed by atoms with Gasteiger partial charge in [0.05, 0.1) is 18.0 Å². The molecule has 5 aromatic carbocycles. The van der Waals surface area contributed by atoms with E-state index in [4.69, 9.17) is 4.74 Å². The van der Waals surface area contributed by atoms with Gasteiger partial charge in [-0.05, 0) is 22.7 Å². The van der Waals surface area contributed by atoms with Crippen LogP contribution in [0.1, 0.15) is 5.56 Å². The Morgan fingerprint density at radius 3 is 1.30 bits per heavy atom. The highest BCUT2D eigenvalue weighted by molar-refractivity contribution is 8.45. The molecular weight excluding hydrogens is 505 g/mol. The third-order valence-corrected chi connectivity index (χ3v) is 15.5. The number of hydrogen-bond acceptors (Lipinski definition) is 1. The van der Waals surface area contributed by atoms with E-state index in [2.05, 4.69) is 24.3 Å². The number of hydrogen-bond donors (Lipinski definition) is 0. The summed E-state index contributed by atoms with van der Waals surface area (Å²) in [6.45, 7) is -2.88. The van der Waals surface area contributed by atoms with E-state index in [0.717, 1.165) is 27.3 Å². The fourth-order valence-corrected chi connectivity index (χ4v) is 14.6. The molecule has 0 aromatic heterocycles. The average Bonchev–Trinajstić information content (AvgIpc) is 2.94. The SMILES string of the molecule is FC(F)(F)c1ccccc1N=P(c1ccccc1)(c1ccccc1)P(c1ccccc1)c1ccccc1. The number of halogens is 3. The minimum atomic E-state index is -4.52. The first-order valence-electron chi connectivity index (χ1n) is 11.8. The first kappa shape index (κ1) is 25.2. The molecule has 0 saturated heterocycles. The largest absolute Gasteiger partial charge is 0.418 e. The van der Waals surface area contributed by atoms with Crippen LogP contribution < -0.4 is 21.2 Å². The van der Waals surface area contributed by atoms with E-state index < -0.39 is 26.1 Å². The van der Waals surface area contributed by atoms with Crippen LogP contribution in [0.4, 0.5) is 18.9 Å². The zero-order valence-corrected chi connectivity index (χ0v) is 21.6. The zero-order valence-electron chi connectivity index (χ0n) is 19.8. The highest BCUT2D eigenvalue weighted by Crippen LogP contribution is 2.75. The predicted molar refractivity (Wildman–Crippen MR) is 152 cm³/mol. The predicted octanol–water partition coefficient (Wildman–Crippen LogP) is 8.24. The number of alkyl halides is 3. The van der Waals surface area contributed by atoms with Crippen molar-refractivity contribution in [2.24, 2.45) is 4.74 Å². The molecular formula is C31H24F3NP2. The quantitative estimate of drug-likeness (QED) is 0.197. The van der Waals surface area contributed by atoms with Gasteiger partial charge in [0, 0.05) is 18.2 Å². The Kier molecular flexibility index (Phi) is 7.42. The summed E-state index contributed by atoms with van der Waals surface area (Å²) in [5, 5.41) is 4.02. The van der Waals surface area contributed by atoms with Crippen molar-refractivity contribution in [2.75, 3.05) is 0 Å². The van der Waals surface area contributed by atoms with Gasteiger partial charge < -0.3 is 0 Å². The van der Waals surface area contributed by atoms with Gasteiger partial charge in [-0.15, -0.1) is 0 Å². The molecule has 1 nitrogen and oxygen atoms in total. The minimum Gasteiger partial charge on any atom is -0.253 e. The molecule has 0 saturated carbocycles. The summed E-state index contributed by atoms with van der Waals surface area (Å²) in [5.74, 6) is 0. The van der Waals surface area contributed by atoms with Crippen molar-refractivity contribution < 1.29 is 13.2 Å². The molecule has 5 aromatic rings. The normalized spacial score (nSPS) is 11.9. The van der Waals surface area contributed by atoms with Crippen molar-refractivity contribution in [1.29, 1.82) is 0 Å². The Bertz CT molecular complexity index is 1420. The van der Waals surface area contributed by atoms with E-state index in [-0.39, 0.29) is 5.69 Å². The van der Waals surface area contributed by atoms with Crippen molar-refractivity contribution in [3.05, 3.63) is 151 Å². The third kappa shape index (κ3) is 5.18. The summed E-state index contributed by atoms with van der Waals surface area (Å²) in [4.78, 5) is 0. The zero-order chi connectivity index (χ0) is 25.7. The van der Waals surface area contributed by atoms with Crippen molar-refractivity contribution in [2.45, 2.75) is 6.18 Å². The lowest BCUT2D eigenvalue weighted by molar-refractivity contribution is -0.137. The topological polar surface area (TPSA) is 12.4 Å². The van der Waals surface area contributed by atoms with E-state index in [1.165, 1.54) is 12.1 Å². The van der Waals surface area contributed by atoms with Gasteiger partial charge in [-0.1, -0.05) is 133 Å². The highest BCUT2D eigenvalue weighted by Gasteiger charge is 2.39. The average molecular weight is 529 g/mol. The van der Waals surface area contributed by atoms with Crippen LogP contribution in [0, 0.1) is 0 Å². The fraction of sp³-hybridized carbons (Fsp3) is 0.0323. The van der Waals surface area contributed by atoms with E-state index in [0.29, 0.717) is 0 Å². The Morgan fingerprint density at radius 2 is 0.865 bits per heavy atom. The van der Waals surface area contributed by atoms with Crippen LogP contribution in [0.2, 0.25) is 0 Å². The molecule has 0 N–H and O–H groups in total. The van der Waals surface area contributed by atoms with Crippen LogP contribution in [0.25, 0.3) is 0 Å². The molecule has 37 heavy (non-hydrogen) atoms. The van der Waals surface area contributed by atoms with Gasteiger partial charge in [0.2, 0.25) is 0 Å². The summed E-state index contributed by atoms with van der Waals surface area (Å²) < 4.78 is 48.0. The van der Waals surface area contributed by atoms with E-state index in [1.54, 1.807) is 6.07 Å². The molecule has 184 valence electrons. The van der Waals surface area contributed by atoms with Crippen LogP contribution in [0.15, 0.2) is 150 Å². The first-order valence-corrected chi connectivity index (χ1v) is 15.6. The summed E-state index contributed by atoms with van der Waals surface area (Å²) in [6, 6.07) is 45.5. The molecule has 0 fully saturated rings. The number of benzene rings is 5. The molecule has 0 heterocycles. The molecule has 0 aliphatic rings. The van der Waals surface area contributed by atoms with Crippen LogP contribution >= 0.6 is 14.4 Å². The van der Waals surface area contributed by atoms with Gasteiger partial charge in [-0.25, -0.2) is 0 Å². The van der Waals surface area contributed by atoms with Crippen molar-refractivity contribution in [3.8, 4) is 0 Å². The number of rotatable bonds is 6. The summed E-state index contributed by atoms with van der Waals surface area (Å²) in [7, 11) is -1.25. The van der Waals surface area contributed by atoms with Gasteiger partial charge in [0.1, 0.15) is 0 Å². The molecule has 0 amide bonds. The highest BCUT2D eigenvalue weighted by atomic mass is 32.1. The monoisotopic (exact) mass is 529 g/mol. The minimum absolute atomic E-state index is 0.0320. The smallest absolute Gasteiger partial charge is 0.253 e. The Hall–Kier alpha value is -3.45. The van der Waals surface area contributed by atoms with Gasteiger partial charge in [0.15, 0.2) is 0 Å². The second-order valence-corrected chi connectivity index (χ2v) is 15.4. The van der Waals surface area contributed by atoms with Crippen molar-refractivity contribution in [3.63, 3.8) is 0 Å². The van der Waals surface area contributed by atoms with Crippen molar-refractivity contribution in [1.82, 2.24) is 0 Å². The number of nitrogens with zero attached hydrogens (tertiary/aromatic N) is 1. The van der Waals surface area contributed by atoms with Crippen molar-refractivity contribution >= 4 is 41.3 Å². The Labute approximate surface area is 216 Å². The first-order chi connectivity index (χ1) is 18.0. The summed E-state index contributed by atoms with van der Waals surface area (Å²) >= 11 is 0. The maximum atomic E-state index is 14.2. The lowest BCUT2D eigenvalue weighted by atomic mass is 10.2. The lowest BCUT2D eigenvalue weighted by Gasteiger charge is -2.35. The molecule has 0 atom stereocenters. The maximum Gasteiger partial charge on any atom is 0.418 e. The second kappa shape index (κ2) is 10.9. The summed E-state index contributed by atoms with van der Waals surface area (Å²) in [5.41, 5.74) is -0.752. The fourth-order valence-electron chi connectivity index (χ4n) is 4.39. The van der Waals surface area contributed by atoms with Gasteiger partial charge in [-0.2, -0.15) is 13.2 Å². The molecule has 0 unspecified atom stereocenters. The maximum absolute atomic E-state index is 14.2. The molecule has 0 spiro atoms. The second-order valence-electron chi connectivity index (χ2n) is 8.37.